The lowest BCUT2D eigenvalue weighted by Crippen LogP contribution is -2.41. The fourth-order valence-corrected chi connectivity index (χ4v) is 5.46. The van der Waals surface area contributed by atoms with Crippen molar-refractivity contribution in [3.63, 3.8) is 0 Å². The molecule has 2 aliphatic rings. The average molecular weight is 499 g/mol. The van der Waals surface area contributed by atoms with Crippen molar-refractivity contribution in [2.45, 2.75) is 84.8 Å². The van der Waals surface area contributed by atoms with E-state index in [0.29, 0.717) is 31.6 Å². The molecule has 1 amide bonds. The number of rotatable bonds is 7. The number of hydrogen-bond acceptors (Lipinski definition) is 5. The summed E-state index contributed by atoms with van der Waals surface area (Å²) in [5.74, 6) is -1.41. The second-order valence-corrected chi connectivity index (χ2v) is 11.3. The van der Waals surface area contributed by atoms with Crippen LogP contribution in [0.3, 0.4) is 0 Å². The van der Waals surface area contributed by atoms with E-state index in [1.165, 1.54) is 0 Å². The van der Waals surface area contributed by atoms with Crippen molar-refractivity contribution in [2.75, 3.05) is 6.54 Å². The lowest BCUT2D eigenvalue weighted by molar-refractivity contribution is -0.156. The first-order valence-corrected chi connectivity index (χ1v) is 12.2. The minimum atomic E-state index is -0.755. The van der Waals surface area contributed by atoms with Gasteiger partial charge in [0, 0.05) is 25.2 Å². The highest BCUT2D eigenvalue weighted by Gasteiger charge is 2.36. The summed E-state index contributed by atoms with van der Waals surface area (Å²) in [7, 11) is 0. The number of amides is 1. The molecule has 0 radical (unpaired) electrons. The average Bonchev–Trinajstić information content (AvgIpc) is 3.25. The van der Waals surface area contributed by atoms with Crippen molar-refractivity contribution in [1.82, 2.24) is 9.88 Å². The number of carbonyl (C=O) groups excluding carboxylic acids is 4. The molecule has 0 spiro atoms. The number of esters is 1. The normalized spacial score (nSPS) is 22.5. The van der Waals surface area contributed by atoms with Crippen LogP contribution >= 0.6 is 23.2 Å². The predicted octanol–water partition coefficient (Wildman–Crippen LogP) is 4.69. The van der Waals surface area contributed by atoms with Gasteiger partial charge in [-0.05, 0) is 82.2 Å². The molecule has 7 nitrogen and oxygen atoms in total. The molecule has 0 saturated heterocycles. The van der Waals surface area contributed by atoms with Gasteiger partial charge in [0.25, 0.3) is 16.9 Å². The van der Waals surface area contributed by atoms with E-state index < -0.39 is 22.5 Å². The summed E-state index contributed by atoms with van der Waals surface area (Å²) in [5, 5.41) is 2.00. The molecule has 0 aromatic carbocycles. The first kappa shape index (κ1) is 25.8. The smallest absolute Gasteiger partial charge is 0.306 e. The van der Waals surface area contributed by atoms with E-state index in [1.807, 2.05) is 20.8 Å². The Hall–Kier alpha value is -1.86. The zero-order valence-corrected chi connectivity index (χ0v) is 21.2. The quantitative estimate of drug-likeness (QED) is 0.254. The number of aromatic nitrogens is 1. The molecule has 1 fully saturated rings. The van der Waals surface area contributed by atoms with E-state index >= 15 is 0 Å². The molecule has 0 unspecified atom stereocenters. The Morgan fingerprint density at radius 2 is 1.82 bits per heavy atom. The van der Waals surface area contributed by atoms with Crippen LogP contribution in [-0.4, -0.2) is 39.6 Å². The molecular weight excluding hydrogens is 467 g/mol. The van der Waals surface area contributed by atoms with Gasteiger partial charge in [-0.3, -0.25) is 19.2 Å². The minimum absolute atomic E-state index is 0.0388. The van der Waals surface area contributed by atoms with E-state index in [9.17, 15) is 19.2 Å². The van der Waals surface area contributed by atoms with Crippen molar-refractivity contribution in [3.05, 3.63) is 22.0 Å². The van der Waals surface area contributed by atoms with Gasteiger partial charge in [0.1, 0.15) is 11.3 Å². The van der Waals surface area contributed by atoms with Gasteiger partial charge < -0.3 is 14.6 Å². The van der Waals surface area contributed by atoms with Crippen LogP contribution < -0.4 is 5.32 Å². The Morgan fingerprint density at radius 3 is 2.39 bits per heavy atom. The Bertz CT molecular complexity index is 968. The lowest BCUT2D eigenvalue weighted by atomic mass is 9.71. The summed E-state index contributed by atoms with van der Waals surface area (Å²) in [6.45, 7) is 8.52. The number of nitrogens with zero attached hydrogens (tertiary/aromatic N) is 1. The molecule has 1 N–H and O–H groups in total. The summed E-state index contributed by atoms with van der Waals surface area (Å²) >= 11 is 12.0. The molecular formula is C24H32Cl2N2O5. The second kappa shape index (κ2) is 9.79. The fraction of sp³-hybridized carbons (Fsp3) is 0.667. The minimum Gasteiger partial charge on any atom is -0.460 e. The van der Waals surface area contributed by atoms with Crippen LogP contribution in [0.5, 0.6) is 0 Å². The molecule has 1 saturated carbocycles. The number of hydrogen-bond donors (Lipinski definition) is 1. The molecule has 1 aromatic heterocycles. The number of fused-ring (bicyclic) bond motifs is 1. The molecule has 1 aliphatic heterocycles. The SMILES string of the molecule is CC1(CNC(=O)C(=O)c2c(Cl)c(C(=O)Cl)c3n2CCC3)CCC(CC(=O)OC(C)(C)C)CC1. The van der Waals surface area contributed by atoms with Crippen LogP contribution in [0.4, 0.5) is 0 Å². The lowest BCUT2D eigenvalue weighted by Gasteiger charge is -2.37. The first-order valence-electron chi connectivity index (χ1n) is 11.5. The number of halogens is 2. The number of ketones is 1. The molecule has 1 aromatic rings. The Labute approximate surface area is 204 Å². The predicted molar refractivity (Wildman–Crippen MR) is 126 cm³/mol. The topological polar surface area (TPSA) is 94.5 Å². The number of Topliss-reactive ketones (excluding diaryl/α,β-unsaturated/α-hetero) is 1. The van der Waals surface area contributed by atoms with Crippen LogP contribution in [0.25, 0.3) is 0 Å². The maximum Gasteiger partial charge on any atom is 0.306 e. The van der Waals surface area contributed by atoms with E-state index in [2.05, 4.69) is 12.2 Å². The molecule has 9 heteroatoms. The van der Waals surface area contributed by atoms with E-state index in [-0.39, 0.29) is 33.6 Å². The fourth-order valence-electron chi connectivity index (χ4n) is 4.82. The highest BCUT2D eigenvalue weighted by Crippen LogP contribution is 2.40. The largest absolute Gasteiger partial charge is 0.460 e. The van der Waals surface area contributed by atoms with Crippen LogP contribution in [0.1, 0.15) is 92.8 Å². The van der Waals surface area contributed by atoms with Gasteiger partial charge in [-0.15, -0.1) is 0 Å². The Morgan fingerprint density at radius 1 is 1.18 bits per heavy atom. The van der Waals surface area contributed by atoms with E-state index in [1.54, 1.807) is 4.57 Å². The van der Waals surface area contributed by atoms with Gasteiger partial charge in [0.2, 0.25) is 0 Å². The second-order valence-electron chi connectivity index (χ2n) is 10.6. The van der Waals surface area contributed by atoms with Crippen LogP contribution in [0.2, 0.25) is 5.02 Å². The van der Waals surface area contributed by atoms with Gasteiger partial charge in [0.05, 0.1) is 10.6 Å². The molecule has 2 heterocycles. The van der Waals surface area contributed by atoms with Gasteiger partial charge in [-0.2, -0.15) is 0 Å². The highest BCUT2D eigenvalue weighted by atomic mass is 35.5. The molecule has 0 bridgehead atoms. The standard InChI is InChI=1S/C24H32Cl2N2O5/c1-23(2,3)33-16(29)12-14-7-9-24(4,10-8-14)13-27-22(32)20(30)19-18(25)17(21(26)31)15-6-5-11-28(15)19/h14H,5-13H2,1-4H3,(H,27,32). The summed E-state index contributed by atoms with van der Waals surface area (Å²) in [6.07, 6.45) is 5.14. The maximum absolute atomic E-state index is 12.9. The third-order valence-electron chi connectivity index (χ3n) is 6.59. The number of carbonyl (C=O) groups is 4. The van der Waals surface area contributed by atoms with Gasteiger partial charge in [-0.1, -0.05) is 18.5 Å². The zero-order valence-electron chi connectivity index (χ0n) is 19.7. The van der Waals surface area contributed by atoms with Gasteiger partial charge >= 0.3 is 5.97 Å². The van der Waals surface area contributed by atoms with E-state index in [4.69, 9.17) is 27.9 Å². The van der Waals surface area contributed by atoms with Gasteiger partial charge in [0.15, 0.2) is 0 Å². The summed E-state index contributed by atoms with van der Waals surface area (Å²) < 4.78 is 7.06. The molecule has 33 heavy (non-hydrogen) atoms. The van der Waals surface area contributed by atoms with Crippen molar-refractivity contribution >= 4 is 46.1 Å². The molecule has 3 rings (SSSR count). The summed E-state index contributed by atoms with van der Waals surface area (Å²) in [6, 6.07) is 0. The molecule has 0 atom stereocenters. The monoisotopic (exact) mass is 498 g/mol. The van der Waals surface area contributed by atoms with Crippen molar-refractivity contribution in [3.8, 4) is 0 Å². The van der Waals surface area contributed by atoms with Crippen LogP contribution in [0.15, 0.2) is 0 Å². The Kier molecular flexibility index (Phi) is 7.64. The van der Waals surface area contributed by atoms with Gasteiger partial charge in [-0.25, -0.2) is 0 Å². The van der Waals surface area contributed by atoms with Crippen molar-refractivity contribution < 1.29 is 23.9 Å². The van der Waals surface area contributed by atoms with Crippen molar-refractivity contribution in [2.24, 2.45) is 11.3 Å². The first-order chi connectivity index (χ1) is 15.3. The third kappa shape index (κ3) is 5.99. The maximum atomic E-state index is 12.9. The Balaban J connectivity index is 1.56. The molecule has 182 valence electrons. The summed E-state index contributed by atoms with van der Waals surface area (Å²) in [5.41, 5.74) is 0.131. The van der Waals surface area contributed by atoms with Crippen LogP contribution in [0, 0.1) is 11.3 Å². The molecule has 1 aliphatic carbocycles. The third-order valence-corrected chi connectivity index (χ3v) is 7.15. The number of ether oxygens (including phenoxy) is 1. The number of nitrogens with one attached hydrogen (secondary N) is 1. The van der Waals surface area contributed by atoms with Crippen LogP contribution in [-0.2, 0) is 27.3 Å². The summed E-state index contributed by atoms with van der Waals surface area (Å²) in [4.78, 5) is 49.5. The highest BCUT2D eigenvalue weighted by molar-refractivity contribution is 6.69. The van der Waals surface area contributed by atoms with E-state index in [0.717, 1.165) is 32.1 Å². The van der Waals surface area contributed by atoms with Crippen molar-refractivity contribution in [1.29, 1.82) is 0 Å². The zero-order chi connectivity index (χ0) is 24.6.